The van der Waals surface area contributed by atoms with Crippen LogP contribution >= 0.6 is 0 Å². The van der Waals surface area contributed by atoms with Gasteiger partial charge in [-0.1, -0.05) is 54.6 Å². The first kappa shape index (κ1) is 17.8. The van der Waals surface area contributed by atoms with Gasteiger partial charge in [0.1, 0.15) is 0 Å². The second-order valence-corrected chi connectivity index (χ2v) is 6.85. The number of carbonyl (C=O) groups excluding carboxylic acids is 1. The van der Waals surface area contributed by atoms with E-state index in [1.165, 1.54) is 12.1 Å². The normalized spacial score (nSPS) is 11.2. The molecular formula is C17H17NO5S. The van der Waals surface area contributed by atoms with Crippen LogP contribution in [-0.2, 0) is 27.7 Å². The fraction of sp³-hybridized carbons (Fsp3) is 0.176. The van der Waals surface area contributed by atoms with Crippen molar-refractivity contribution in [3.8, 4) is 0 Å². The first-order valence-electron chi connectivity index (χ1n) is 7.27. The molecule has 0 bridgehead atoms. The Balaban J connectivity index is 1.91. The van der Waals surface area contributed by atoms with Crippen molar-refractivity contribution in [3.63, 3.8) is 0 Å². The van der Waals surface area contributed by atoms with Crippen molar-refractivity contribution in [2.45, 2.75) is 12.8 Å². The lowest BCUT2D eigenvalue weighted by Crippen LogP contribution is -2.32. The molecule has 0 spiro atoms. The Bertz CT molecular complexity index is 814. The van der Waals surface area contributed by atoms with Crippen LogP contribution in [0.15, 0.2) is 54.6 Å². The van der Waals surface area contributed by atoms with Gasteiger partial charge in [-0.2, -0.15) is 0 Å². The molecule has 7 heteroatoms. The zero-order chi connectivity index (χ0) is 17.6. The van der Waals surface area contributed by atoms with E-state index in [1.54, 1.807) is 42.5 Å². The van der Waals surface area contributed by atoms with Gasteiger partial charge in [0.2, 0.25) is 0 Å². The molecule has 0 fully saturated rings. The monoisotopic (exact) mass is 347 g/mol. The quantitative estimate of drug-likeness (QED) is 0.792. The van der Waals surface area contributed by atoms with E-state index in [4.69, 9.17) is 5.11 Å². The van der Waals surface area contributed by atoms with Crippen molar-refractivity contribution in [2.75, 3.05) is 6.54 Å². The summed E-state index contributed by atoms with van der Waals surface area (Å²) < 4.78 is 26.2. The molecule has 126 valence electrons. The summed E-state index contributed by atoms with van der Waals surface area (Å²) in [7, 11) is -4.07. The van der Waals surface area contributed by atoms with Gasteiger partial charge in [0, 0.05) is 12.1 Å². The topological polar surface area (TPSA) is 101 Å². The molecule has 0 aliphatic heterocycles. The average Bonchev–Trinajstić information content (AvgIpc) is 2.56. The van der Waals surface area contributed by atoms with Gasteiger partial charge in [-0.05, 0) is 17.5 Å². The molecule has 2 rings (SSSR count). The summed E-state index contributed by atoms with van der Waals surface area (Å²) in [5.74, 6) is -0.907. The summed E-state index contributed by atoms with van der Waals surface area (Å²) in [5, 5.41) is 7.75. The lowest BCUT2D eigenvalue weighted by molar-refractivity contribution is -0.136. The van der Waals surface area contributed by atoms with Crippen LogP contribution in [0.3, 0.4) is 0 Å². The SMILES string of the molecule is O=C(O)Cc1ccc(CCNS(=O)(=O)C(=O)c2ccccc2)cc1. The highest BCUT2D eigenvalue weighted by molar-refractivity contribution is 8.04. The van der Waals surface area contributed by atoms with E-state index < -0.39 is 21.1 Å². The highest BCUT2D eigenvalue weighted by Gasteiger charge is 2.22. The van der Waals surface area contributed by atoms with Crippen molar-refractivity contribution in [1.29, 1.82) is 0 Å². The number of aliphatic carboxylic acids is 1. The Kier molecular flexibility index (Phi) is 5.83. The maximum Gasteiger partial charge on any atom is 0.307 e. The van der Waals surface area contributed by atoms with Crippen molar-refractivity contribution in [2.24, 2.45) is 0 Å². The summed E-state index contributed by atoms with van der Waals surface area (Å²) in [6.07, 6.45) is 0.340. The summed E-state index contributed by atoms with van der Waals surface area (Å²) in [6.45, 7) is 0.0825. The zero-order valence-corrected chi connectivity index (χ0v) is 13.6. The van der Waals surface area contributed by atoms with Gasteiger partial charge in [-0.15, -0.1) is 0 Å². The van der Waals surface area contributed by atoms with Crippen LogP contribution in [0.2, 0.25) is 0 Å². The highest BCUT2D eigenvalue weighted by Crippen LogP contribution is 2.07. The van der Waals surface area contributed by atoms with Gasteiger partial charge in [-0.25, -0.2) is 13.1 Å². The Morgan fingerprint density at radius 1 is 0.917 bits per heavy atom. The fourth-order valence-electron chi connectivity index (χ4n) is 2.12. The van der Waals surface area contributed by atoms with E-state index >= 15 is 0 Å². The highest BCUT2D eigenvalue weighted by atomic mass is 32.2. The summed E-state index contributed by atoms with van der Waals surface area (Å²) in [5.41, 5.74) is 1.63. The number of carbonyl (C=O) groups is 2. The lowest BCUT2D eigenvalue weighted by atomic mass is 10.1. The van der Waals surface area contributed by atoms with Gasteiger partial charge >= 0.3 is 5.97 Å². The van der Waals surface area contributed by atoms with E-state index in [-0.39, 0.29) is 18.5 Å². The first-order chi connectivity index (χ1) is 11.4. The molecule has 0 amide bonds. The predicted molar refractivity (Wildman–Crippen MR) is 89.2 cm³/mol. The molecule has 0 radical (unpaired) electrons. The zero-order valence-electron chi connectivity index (χ0n) is 12.8. The molecule has 0 atom stereocenters. The molecule has 0 saturated carbocycles. The minimum Gasteiger partial charge on any atom is -0.481 e. The largest absolute Gasteiger partial charge is 0.481 e. The van der Waals surface area contributed by atoms with Crippen LogP contribution in [-0.4, -0.2) is 31.2 Å². The Morgan fingerprint density at radius 2 is 1.50 bits per heavy atom. The van der Waals surface area contributed by atoms with Crippen LogP contribution in [0.5, 0.6) is 0 Å². The van der Waals surface area contributed by atoms with Crippen molar-refractivity contribution in [3.05, 3.63) is 71.3 Å². The van der Waals surface area contributed by atoms with Crippen LogP contribution in [0, 0.1) is 0 Å². The third kappa shape index (κ3) is 5.00. The molecule has 0 aliphatic rings. The molecule has 0 unspecified atom stereocenters. The Labute approximate surface area is 140 Å². The molecule has 2 aromatic carbocycles. The van der Waals surface area contributed by atoms with Crippen molar-refractivity contribution in [1.82, 2.24) is 4.72 Å². The van der Waals surface area contributed by atoms with Crippen LogP contribution in [0.25, 0.3) is 0 Å². The van der Waals surface area contributed by atoms with Gasteiger partial charge in [0.15, 0.2) is 0 Å². The van der Waals surface area contributed by atoms with Gasteiger partial charge in [0.05, 0.1) is 6.42 Å². The minimum absolute atomic E-state index is 0.0571. The number of carboxylic acids is 1. The van der Waals surface area contributed by atoms with E-state index in [1.807, 2.05) is 0 Å². The standard InChI is InChI=1S/C17H17NO5S/c19-16(20)12-14-8-6-13(7-9-14)10-11-18-24(22,23)17(21)15-4-2-1-3-5-15/h1-9,18H,10-12H2,(H,19,20). The molecule has 0 saturated heterocycles. The number of benzene rings is 2. The predicted octanol–water partition coefficient (Wildman–Crippen LogP) is 1.62. The average molecular weight is 347 g/mol. The number of nitrogens with one attached hydrogen (secondary N) is 1. The number of carboxylic acid groups (broad SMARTS) is 1. The molecule has 0 aromatic heterocycles. The summed E-state index contributed by atoms with van der Waals surface area (Å²) in [6, 6.07) is 14.6. The first-order valence-corrected chi connectivity index (χ1v) is 8.75. The maximum atomic E-state index is 12.0. The van der Waals surface area contributed by atoms with Crippen LogP contribution in [0.1, 0.15) is 21.5 Å². The lowest BCUT2D eigenvalue weighted by Gasteiger charge is -2.06. The third-order valence-electron chi connectivity index (χ3n) is 3.34. The number of hydrogen-bond donors (Lipinski definition) is 2. The number of hydrogen-bond acceptors (Lipinski definition) is 4. The van der Waals surface area contributed by atoms with Gasteiger partial charge in [-0.3, -0.25) is 9.59 Å². The molecule has 2 N–H and O–H groups in total. The Hall–Kier alpha value is -2.51. The molecule has 0 heterocycles. The van der Waals surface area contributed by atoms with E-state index in [9.17, 15) is 18.0 Å². The van der Waals surface area contributed by atoms with Crippen molar-refractivity contribution >= 4 is 21.1 Å². The van der Waals surface area contributed by atoms with Gasteiger partial charge in [0.25, 0.3) is 15.1 Å². The Morgan fingerprint density at radius 3 is 2.08 bits per heavy atom. The molecular weight excluding hydrogens is 330 g/mol. The van der Waals surface area contributed by atoms with E-state index in [0.717, 1.165) is 5.56 Å². The van der Waals surface area contributed by atoms with Crippen LogP contribution < -0.4 is 4.72 Å². The molecule has 0 aliphatic carbocycles. The smallest absolute Gasteiger partial charge is 0.307 e. The number of sulfonamides is 1. The molecule has 24 heavy (non-hydrogen) atoms. The van der Waals surface area contributed by atoms with Crippen LogP contribution in [0.4, 0.5) is 0 Å². The molecule has 6 nitrogen and oxygen atoms in total. The maximum absolute atomic E-state index is 12.0. The third-order valence-corrected chi connectivity index (χ3v) is 4.65. The van der Waals surface area contributed by atoms with Gasteiger partial charge < -0.3 is 5.11 Å². The summed E-state index contributed by atoms with van der Waals surface area (Å²) in [4.78, 5) is 22.6. The molecule has 2 aromatic rings. The summed E-state index contributed by atoms with van der Waals surface area (Å²) >= 11 is 0. The van der Waals surface area contributed by atoms with Crippen molar-refractivity contribution < 1.29 is 23.1 Å². The minimum atomic E-state index is -4.07. The second-order valence-electron chi connectivity index (χ2n) is 5.19. The fourth-order valence-corrected chi connectivity index (χ4v) is 3.07. The van der Waals surface area contributed by atoms with E-state index in [2.05, 4.69) is 4.72 Å². The second kappa shape index (κ2) is 7.85. The number of rotatable bonds is 7. The van der Waals surface area contributed by atoms with E-state index in [0.29, 0.717) is 12.0 Å².